The summed E-state index contributed by atoms with van der Waals surface area (Å²) in [6.07, 6.45) is 1.64. The molecular weight excluding hydrogens is 414 g/mol. The average Bonchev–Trinajstić information content (AvgIpc) is 3.32. The van der Waals surface area contributed by atoms with Crippen molar-refractivity contribution in [2.75, 3.05) is 32.7 Å². The summed E-state index contributed by atoms with van der Waals surface area (Å²) in [7, 11) is 0. The van der Waals surface area contributed by atoms with E-state index in [0.717, 1.165) is 43.8 Å². The van der Waals surface area contributed by atoms with Crippen molar-refractivity contribution in [3.8, 4) is 0 Å². The van der Waals surface area contributed by atoms with Crippen molar-refractivity contribution >= 4 is 22.5 Å². The van der Waals surface area contributed by atoms with Crippen LogP contribution >= 0.6 is 0 Å². The van der Waals surface area contributed by atoms with Crippen LogP contribution in [0, 0.1) is 5.92 Å². The number of hydrogen-bond acceptors (Lipinski definition) is 4. The second-order valence-corrected chi connectivity index (χ2v) is 9.20. The quantitative estimate of drug-likeness (QED) is 0.476. The zero-order valence-corrected chi connectivity index (χ0v) is 19.1. The molecule has 0 aliphatic carbocycles. The maximum atomic E-state index is 13.3. The molecule has 0 saturated carbocycles. The normalized spacial score (nSPS) is 15.1. The Hall–Kier alpha value is -3.45. The molecule has 1 aliphatic heterocycles. The van der Waals surface area contributed by atoms with E-state index in [-0.39, 0.29) is 11.5 Å². The molecule has 0 spiro atoms. The number of carbonyl (C=O) groups excluding carboxylic acids is 1. The Morgan fingerprint density at radius 2 is 1.70 bits per heavy atom. The maximum absolute atomic E-state index is 13.3. The average molecular weight is 444 g/mol. The summed E-state index contributed by atoms with van der Waals surface area (Å²) in [6, 6.07) is 17.2. The molecule has 33 heavy (non-hydrogen) atoms. The van der Waals surface area contributed by atoms with E-state index >= 15 is 0 Å². The van der Waals surface area contributed by atoms with Gasteiger partial charge >= 0.3 is 0 Å². The third-order valence-electron chi connectivity index (χ3n) is 6.31. The predicted octanol–water partition coefficient (Wildman–Crippen LogP) is 3.11. The monoisotopic (exact) mass is 443 g/mol. The molecule has 4 aromatic rings. The molecule has 7 heteroatoms. The predicted molar refractivity (Wildman–Crippen MR) is 130 cm³/mol. The SMILES string of the molecule is CC(C)CN1CCN(C(=O)c2ccc3c(c2)n(Cc2ccccc2)c(=O)c2ccnn23)CC1. The molecule has 0 bridgehead atoms. The lowest BCUT2D eigenvalue weighted by Gasteiger charge is -2.35. The maximum Gasteiger partial charge on any atom is 0.277 e. The van der Waals surface area contributed by atoms with Gasteiger partial charge in [-0.3, -0.25) is 14.5 Å². The number of carbonyl (C=O) groups is 1. The second-order valence-electron chi connectivity index (χ2n) is 9.20. The molecule has 1 amide bonds. The smallest absolute Gasteiger partial charge is 0.277 e. The standard InChI is InChI=1S/C26H29N5O2/c1-19(2)17-28-12-14-29(15-13-28)25(32)21-8-9-22-24(16-21)30(18-20-6-4-3-5-7-20)26(33)23-10-11-27-31(22)23/h3-11,16,19H,12-15,17-18H2,1-2H3. The molecule has 0 radical (unpaired) electrons. The molecule has 2 aromatic carbocycles. The molecule has 2 aromatic heterocycles. The van der Waals surface area contributed by atoms with E-state index in [4.69, 9.17) is 0 Å². The first-order valence-electron chi connectivity index (χ1n) is 11.6. The van der Waals surface area contributed by atoms with Gasteiger partial charge < -0.3 is 9.47 Å². The van der Waals surface area contributed by atoms with Crippen molar-refractivity contribution in [3.63, 3.8) is 0 Å². The van der Waals surface area contributed by atoms with Crippen molar-refractivity contribution in [2.45, 2.75) is 20.4 Å². The molecule has 7 nitrogen and oxygen atoms in total. The summed E-state index contributed by atoms with van der Waals surface area (Å²) in [4.78, 5) is 31.0. The molecule has 170 valence electrons. The van der Waals surface area contributed by atoms with Gasteiger partial charge in [-0.25, -0.2) is 4.52 Å². The van der Waals surface area contributed by atoms with E-state index in [2.05, 4.69) is 23.8 Å². The van der Waals surface area contributed by atoms with E-state index < -0.39 is 0 Å². The van der Waals surface area contributed by atoms with Gasteiger partial charge in [0.05, 0.1) is 23.8 Å². The summed E-state index contributed by atoms with van der Waals surface area (Å²) in [6.45, 7) is 9.16. The lowest BCUT2D eigenvalue weighted by molar-refractivity contribution is 0.0624. The minimum Gasteiger partial charge on any atom is -0.336 e. The van der Waals surface area contributed by atoms with Crippen LogP contribution in [-0.2, 0) is 6.54 Å². The number of nitrogens with zero attached hydrogens (tertiary/aromatic N) is 5. The summed E-state index contributed by atoms with van der Waals surface area (Å²) in [5.74, 6) is 0.633. The zero-order valence-electron chi connectivity index (χ0n) is 19.1. The van der Waals surface area contributed by atoms with Gasteiger partial charge in [-0.15, -0.1) is 0 Å². The molecule has 1 saturated heterocycles. The fraction of sp³-hybridized carbons (Fsp3) is 0.346. The van der Waals surface area contributed by atoms with Crippen molar-refractivity contribution in [2.24, 2.45) is 5.92 Å². The third kappa shape index (κ3) is 4.16. The Kier molecular flexibility index (Phi) is 5.72. The van der Waals surface area contributed by atoms with Gasteiger partial charge in [0.15, 0.2) is 0 Å². The number of amides is 1. The summed E-state index contributed by atoms with van der Waals surface area (Å²) >= 11 is 0. The second kappa shape index (κ2) is 8.83. The van der Waals surface area contributed by atoms with Gasteiger partial charge in [-0.1, -0.05) is 44.2 Å². The van der Waals surface area contributed by atoms with Crippen LogP contribution in [0.4, 0.5) is 0 Å². The van der Waals surface area contributed by atoms with Gasteiger partial charge in [0.25, 0.3) is 11.5 Å². The number of piperazine rings is 1. The van der Waals surface area contributed by atoms with E-state index in [0.29, 0.717) is 29.1 Å². The first kappa shape index (κ1) is 21.4. The highest BCUT2D eigenvalue weighted by molar-refractivity contribution is 5.97. The summed E-state index contributed by atoms with van der Waals surface area (Å²) in [5, 5.41) is 4.35. The fourth-order valence-electron chi connectivity index (χ4n) is 4.71. The van der Waals surface area contributed by atoms with E-state index in [1.165, 1.54) is 0 Å². The molecule has 1 aliphatic rings. The lowest BCUT2D eigenvalue weighted by atomic mass is 10.1. The van der Waals surface area contributed by atoms with Crippen LogP contribution in [0.2, 0.25) is 0 Å². The highest BCUT2D eigenvalue weighted by Gasteiger charge is 2.23. The Labute approximate surface area is 192 Å². The van der Waals surface area contributed by atoms with Crippen molar-refractivity contribution < 1.29 is 4.79 Å². The molecule has 1 fully saturated rings. The summed E-state index contributed by atoms with van der Waals surface area (Å²) < 4.78 is 3.41. The van der Waals surface area contributed by atoms with Gasteiger partial charge in [0.2, 0.25) is 0 Å². The summed E-state index contributed by atoms with van der Waals surface area (Å²) in [5.41, 5.74) is 3.57. The minimum atomic E-state index is -0.115. The Morgan fingerprint density at radius 1 is 0.939 bits per heavy atom. The van der Waals surface area contributed by atoms with Gasteiger partial charge in [0.1, 0.15) is 5.52 Å². The van der Waals surface area contributed by atoms with Crippen molar-refractivity contribution in [1.82, 2.24) is 24.0 Å². The molecule has 0 N–H and O–H groups in total. The van der Waals surface area contributed by atoms with Crippen molar-refractivity contribution in [3.05, 3.63) is 82.3 Å². The van der Waals surface area contributed by atoms with Gasteiger partial charge in [-0.2, -0.15) is 5.10 Å². The lowest BCUT2D eigenvalue weighted by Crippen LogP contribution is -2.49. The van der Waals surface area contributed by atoms with Crippen LogP contribution in [-0.4, -0.2) is 62.6 Å². The van der Waals surface area contributed by atoms with Gasteiger partial charge in [-0.05, 0) is 35.7 Å². The number of fused-ring (bicyclic) bond motifs is 3. The third-order valence-corrected chi connectivity index (χ3v) is 6.31. The number of benzene rings is 2. The molecular formula is C26H29N5O2. The molecule has 5 rings (SSSR count). The zero-order chi connectivity index (χ0) is 22.9. The van der Waals surface area contributed by atoms with Crippen LogP contribution in [0.3, 0.4) is 0 Å². The first-order chi connectivity index (χ1) is 16.0. The van der Waals surface area contributed by atoms with E-state index in [1.807, 2.05) is 53.4 Å². The molecule has 3 heterocycles. The largest absolute Gasteiger partial charge is 0.336 e. The van der Waals surface area contributed by atoms with Crippen molar-refractivity contribution in [1.29, 1.82) is 0 Å². The fourth-order valence-corrected chi connectivity index (χ4v) is 4.71. The van der Waals surface area contributed by atoms with Crippen LogP contribution in [0.1, 0.15) is 29.8 Å². The Balaban J connectivity index is 1.51. The Morgan fingerprint density at radius 3 is 2.42 bits per heavy atom. The molecule has 0 atom stereocenters. The van der Waals surface area contributed by atoms with Gasteiger partial charge in [0, 0.05) is 38.3 Å². The van der Waals surface area contributed by atoms with Crippen LogP contribution in [0.5, 0.6) is 0 Å². The van der Waals surface area contributed by atoms with E-state index in [1.54, 1.807) is 21.3 Å². The molecule has 0 unspecified atom stereocenters. The number of hydrogen-bond donors (Lipinski definition) is 0. The highest BCUT2D eigenvalue weighted by Crippen LogP contribution is 2.19. The van der Waals surface area contributed by atoms with E-state index in [9.17, 15) is 9.59 Å². The number of rotatable bonds is 5. The minimum absolute atomic E-state index is 0.0142. The van der Waals surface area contributed by atoms with Crippen LogP contribution in [0.15, 0.2) is 65.6 Å². The highest BCUT2D eigenvalue weighted by atomic mass is 16.2. The first-order valence-corrected chi connectivity index (χ1v) is 11.6. The Bertz CT molecular complexity index is 1350. The van der Waals surface area contributed by atoms with Crippen LogP contribution in [0.25, 0.3) is 16.6 Å². The number of aromatic nitrogens is 3. The topological polar surface area (TPSA) is 62.8 Å². The van der Waals surface area contributed by atoms with Crippen LogP contribution < -0.4 is 5.56 Å².